The normalized spacial score (nSPS) is 10.4. The van der Waals surface area contributed by atoms with Crippen molar-refractivity contribution in [2.24, 2.45) is 0 Å². The third-order valence-electron chi connectivity index (χ3n) is 3.16. The molecule has 0 unspecified atom stereocenters. The number of aromatic hydroxyl groups is 1. The first-order valence-electron chi connectivity index (χ1n) is 7.03. The summed E-state index contributed by atoms with van der Waals surface area (Å²) >= 11 is 0. The Morgan fingerprint density at radius 2 is 1.92 bits per heavy atom. The maximum absolute atomic E-state index is 12.3. The van der Waals surface area contributed by atoms with Gasteiger partial charge in [0.15, 0.2) is 11.4 Å². The van der Waals surface area contributed by atoms with Gasteiger partial charge >= 0.3 is 0 Å². The van der Waals surface area contributed by atoms with Gasteiger partial charge < -0.3 is 5.11 Å². The van der Waals surface area contributed by atoms with Crippen LogP contribution in [0.2, 0.25) is 0 Å². The average Bonchev–Trinajstić information content (AvgIpc) is 2.55. The van der Waals surface area contributed by atoms with Crippen molar-refractivity contribution < 1.29 is 9.90 Å². The van der Waals surface area contributed by atoms with Crippen molar-refractivity contribution in [2.75, 3.05) is 5.32 Å². The zero-order valence-corrected chi connectivity index (χ0v) is 12.7. The summed E-state index contributed by atoms with van der Waals surface area (Å²) in [7, 11) is 0. The zero-order chi connectivity index (χ0) is 17.1. The highest BCUT2D eigenvalue weighted by Crippen LogP contribution is 2.14. The molecule has 24 heavy (non-hydrogen) atoms. The van der Waals surface area contributed by atoms with Crippen LogP contribution in [0.1, 0.15) is 16.1 Å². The lowest BCUT2D eigenvalue weighted by Crippen LogP contribution is -2.25. The summed E-state index contributed by atoms with van der Waals surface area (Å²) in [4.78, 5) is 32.1. The highest BCUT2D eigenvalue weighted by atomic mass is 16.3. The number of hydrogen-bond acceptors (Lipinski definition) is 6. The quantitative estimate of drug-likeness (QED) is 0.751. The van der Waals surface area contributed by atoms with Crippen molar-refractivity contribution in [3.05, 3.63) is 70.4 Å². The number of nitrogens with zero attached hydrogens (tertiary/aromatic N) is 4. The first-order valence-corrected chi connectivity index (χ1v) is 7.03. The van der Waals surface area contributed by atoms with Crippen molar-refractivity contribution >= 4 is 11.9 Å². The van der Waals surface area contributed by atoms with E-state index in [0.717, 1.165) is 16.3 Å². The zero-order valence-electron chi connectivity index (χ0n) is 12.7. The second kappa shape index (κ2) is 6.29. The van der Waals surface area contributed by atoms with Crippen LogP contribution >= 0.6 is 0 Å². The van der Waals surface area contributed by atoms with Gasteiger partial charge in [-0.1, -0.05) is 12.1 Å². The van der Waals surface area contributed by atoms with Crippen molar-refractivity contribution in [3.63, 3.8) is 0 Å². The Balaban J connectivity index is 2.01. The van der Waals surface area contributed by atoms with Gasteiger partial charge in [-0.3, -0.25) is 14.9 Å². The van der Waals surface area contributed by atoms with Crippen LogP contribution in [0.3, 0.4) is 0 Å². The van der Waals surface area contributed by atoms with Gasteiger partial charge in [0.25, 0.3) is 11.5 Å². The number of rotatable bonds is 3. The van der Waals surface area contributed by atoms with Crippen LogP contribution < -0.4 is 10.9 Å². The number of benzene rings is 1. The molecule has 0 aliphatic carbocycles. The summed E-state index contributed by atoms with van der Waals surface area (Å²) in [6.45, 7) is 1.87. The first kappa shape index (κ1) is 15.3. The van der Waals surface area contributed by atoms with Crippen LogP contribution in [0.25, 0.3) is 5.69 Å². The lowest BCUT2D eigenvalue weighted by molar-refractivity contribution is 0.101. The molecule has 2 N–H and O–H groups in total. The van der Waals surface area contributed by atoms with Crippen LogP contribution in [0.15, 0.2) is 53.6 Å². The van der Waals surface area contributed by atoms with E-state index in [0.29, 0.717) is 5.69 Å². The van der Waals surface area contributed by atoms with Gasteiger partial charge in [0.2, 0.25) is 5.95 Å². The van der Waals surface area contributed by atoms with Gasteiger partial charge in [0.05, 0.1) is 5.69 Å². The van der Waals surface area contributed by atoms with E-state index in [1.165, 1.54) is 12.4 Å². The predicted octanol–water partition coefficient (Wildman–Crippen LogP) is 1.29. The second-order valence-corrected chi connectivity index (χ2v) is 4.99. The van der Waals surface area contributed by atoms with Crippen molar-refractivity contribution in [3.8, 4) is 11.4 Å². The molecule has 0 atom stereocenters. The molecule has 0 saturated carbocycles. The fourth-order valence-electron chi connectivity index (χ4n) is 2.08. The molecule has 3 aromatic rings. The van der Waals surface area contributed by atoms with Crippen LogP contribution in [-0.4, -0.2) is 30.8 Å². The van der Waals surface area contributed by atoms with Gasteiger partial charge in [-0.15, -0.1) is 0 Å². The molecular formula is C16H13N5O3. The maximum Gasteiger partial charge on any atom is 0.282 e. The van der Waals surface area contributed by atoms with E-state index in [4.69, 9.17) is 0 Å². The molecule has 8 heteroatoms. The molecule has 0 spiro atoms. The van der Waals surface area contributed by atoms with E-state index in [1.807, 2.05) is 13.0 Å². The van der Waals surface area contributed by atoms with Crippen LogP contribution in [0.5, 0.6) is 5.75 Å². The Bertz CT molecular complexity index is 953. The molecule has 120 valence electrons. The third-order valence-corrected chi connectivity index (χ3v) is 3.16. The molecule has 0 aliphatic heterocycles. The minimum Gasteiger partial charge on any atom is -0.505 e. The van der Waals surface area contributed by atoms with Crippen LogP contribution in [0.4, 0.5) is 5.95 Å². The number of aromatic nitrogens is 4. The van der Waals surface area contributed by atoms with E-state index >= 15 is 0 Å². The molecule has 0 aliphatic rings. The molecule has 0 bridgehead atoms. The average molecular weight is 323 g/mol. The second-order valence-electron chi connectivity index (χ2n) is 4.99. The largest absolute Gasteiger partial charge is 0.505 e. The van der Waals surface area contributed by atoms with E-state index < -0.39 is 17.2 Å². The minimum absolute atomic E-state index is 0.0667. The summed E-state index contributed by atoms with van der Waals surface area (Å²) in [6, 6.07) is 9.60. The molecule has 0 saturated heterocycles. The molecular weight excluding hydrogens is 310 g/mol. The molecule has 1 aromatic carbocycles. The summed E-state index contributed by atoms with van der Waals surface area (Å²) in [5, 5.41) is 16.3. The minimum atomic E-state index is -0.722. The molecule has 0 radical (unpaired) electrons. The van der Waals surface area contributed by atoms with Crippen molar-refractivity contribution in [1.29, 1.82) is 0 Å². The van der Waals surface area contributed by atoms with Gasteiger partial charge in [0.1, 0.15) is 0 Å². The number of amides is 1. The molecule has 8 nitrogen and oxygen atoms in total. The summed E-state index contributed by atoms with van der Waals surface area (Å²) in [5.41, 5.74) is 0.567. The Labute approximate surface area is 136 Å². The Morgan fingerprint density at radius 3 is 2.62 bits per heavy atom. The van der Waals surface area contributed by atoms with E-state index in [-0.39, 0.29) is 11.6 Å². The fraction of sp³-hybridized carbons (Fsp3) is 0.0625. The fourth-order valence-corrected chi connectivity index (χ4v) is 2.08. The van der Waals surface area contributed by atoms with E-state index in [9.17, 15) is 14.7 Å². The first-order chi connectivity index (χ1) is 11.5. The number of carbonyl (C=O) groups excluding carboxylic acids is 1. The lowest BCUT2D eigenvalue weighted by atomic mass is 10.2. The Hall–Kier alpha value is -3.55. The number of nitrogens with one attached hydrogen (secondary N) is 1. The highest BCUT2D eigenvalue weighted by molar-refractivity contribution is 6.03. The van der Waals surface area contributed by atoms with Gasteiger partial charge in [0, 0.05) is 18.5 Å². The highest BCUT2D eigenvalue weighted by Gasteiger charge is 2.17. The molecule has 1 amide bonds. The van der Waals surface area contributed by atoms with Gasteiger partial charge in [-0.25, -0.2) is 9.97 Å². The lowest BCUT2D eigenvalue weighted by Gasteiger charge is -2.09. The molecule has 0 fully saturated rings. The summed E-state index contributed by atoms with van der Waals surface area (Å²) in [5.74, 6) is -1.17. The standard InChI is InChI=1S/C16H13N5O3/c1-10-4-2-5-11(8-10)21-13(23)9-12(22)14(20-21)15(24)19-16-17-6-3-7-18-16/h2-9,22H,1H3,(H,17,18,19,24). The number of anilines is 1. The Morgan fingerprint density at radius 1 is 1.17 bits per heavy atom. The van der Waals surface area contributed by atoms with Crippen molar-refractivity contribution in [2.45, 2.75) is 6.92 Å². The smallest absolute Gasteiger partial charge is 0.282 e. The SMILES string of the molecule is Cc1cccc(-n2nc(C(=O)Nc3ncccn3)c(O)cc2=O)c1. The van der Waals surface area contributed by atoms with Gasteiger partial charge in [-0.05, 0) is 30.7 Å². The summed E-state index contributed by atoms with van der Waals surface area (Å²) < 4.78 is 1.05. The number of aryl methyl sites for hydroxylation is 1. The van der Waals surface area contributed by atoms with Gasteiger partial charge in [-0.2, -0.15) is 9.78 Å². The monoisotopic (exact) mass is 323 g/mol. The number of hydrogen-bond donors (Lipinski definition) is 2. The molecule has 3 rings (SSSR count). The van der Waals surface area contributed by atoms with Crippen LogP contribution in [0, 0.1) is 6.92 Å². The van der Waals surface area contributed by atoms with E-state index in [1.54, 1.807) is 24.3 Å². The Kier molecular flexibility index (Phi) is 4.02. The maximum atomic E-state index is 12.3. The third kappa shape index (κ3) is 3.12. The topological polar surface area (TPSA) is 110 Å². The van der Waals surface area contributed by atoms with Crippen molar-refractivity contribution in [1.82, 2.24) is 19.7 Å². The molecule has 2 heterocycles. The summed E-state index contributed by atoms with van der Waals surface area (Å²) in [6.07, 6.45) is 2.92. The van der Waals surface area contributed by atoms with Crippen LogP contribution in [-0.2, 0) is 0 Å². The molecule has 2 aromatic heterocycles. The predicted molar refractivity (Wildman–Crippen MR) is 86.2 cm³/mol. The number of carbonyl (C=O) groups is 1. The van der Waals surface area contributed by atoms with E-state index in [2.05, 4.69) is 20.4 Å².